The minimum Gasteiger partial charge on any atom is -0.459 e. The van der Waals surface area contributed by atoms with E-state index < -0.39 is 0 Å². The zero-order valence-electron chi connectivity index (χ0n) is 14.2. The monoisotopic (exact) mass is 270 g/mol. The van der Waals surface area contributed by atoms with Crippen molar-refractivity contribution in [3.8, 4) is 0 Å². The molecule has 0 bridgehead atoms. The second-order valence-corrected chi connectivity index (χ2v) is 5.44. The van der Waals surface area contributed by atoms with Crippen LogP contribution in [0.15, 0.2) is 23.2 Å². The van der Waals surface area contributed by atoms with Crippen LogP contribution in [0, 0.1) is 0 Å². The minimum absolute atomic E-state index is 0.883. The lowest BCUT2D eigenvalue weighted by Crippen LogP contribution is -2.28. The highest BCUT2D eigenvalue weighted by Gasteiger charge is 2.13. The fourth-order valence-electron chi connectivity index (χ4n) is 2.38. The Kier molecular flexibility index (Phi) is 6.59. The van der Waals surface area contributed by atoms with Gasteiger partial charge in [-0.2, -0.15) is 0 Å². The van der Waals surface area contributed by atoms with Gasteiger partial charge in [0.2, 0.25) is 0 Å². The average molecular weight is 270 g/mol. The van der Waals surface area contributed by atoms with Crippen LogP contribution in [0.4, 0.5) is 0 Å². The Bertz CT molecular complexity index is 300. The Labute approximate surface area is 118 Å². The Balaban J connectivity index is 5.42. The molecule has 19 heavy (non-hydrogen) atoms. The molecule has 0 aliphatic carbocycles. The molecule has 0 aliphatic heterocycles. The predicted molar refractivity (Wildman–Crippen MR) is 81.2 cm³/mol. The highest BCUT2D eigenvalue weighted by molar-refractivity contribution is 5.09. The number of hydrogen-bond donors (Lipinski definition) is 0. The van der Waals surface area contributed by atoms with Crippen molar-refractivity contribution in [1.82, 2.24) is 19.6 Å². The summed E-state index contributed by atoms with van der Waals surface area (Å²) in [5.41, 5.74) is 0. The zero-order valence-corrected chi connectivity index (χ0v) is 14.2. The van der Waals surface area contributed by atoms with Crippen molar-refractivity contribution in [2.24, 2.45) is 0 Å². The van der Waals surface area contributed by atoms with Gasteiger partial charge in [0.15, 0.2) is 0 Å². The van der Waals surface area contributed by atoms with Gasteiger partial charge in [-0.15, -0.1) is 0 Å². The number of rotatable bonds is 6. The fourth-order valence-corrected chi connectivity index (χ4v) is 2.38. The van der Waals surface area contributed by atoms with Gasteiger partial charge in [0.05, 0.1) is 0 Å². The first kappa shape index (κ1) is 17.5. The van der Waals surface area contributed by atoms with Gasteiger partial charge in [0.25, 0.3) is 0 Å². The Morgan fingerprint density at radius 3 is 0.895 bits per heavy atom. The van der Waals surface area contributed by atoms with Gasteiger partial charge in [0.1, 0.15) is 23.2 Å². The molecule has 0 spiro atoms. The van der Waals surface area contributed by atoms with E-state index in [0.717, 1.165) is 23.2 Å². The molecule has 0 amide bonds. The SMILES string of the molecule is CC(OC(C)=C(N(C)C)N(C)C)=C(N(C)C)N(C)C. The topological polar surface area (TPSA) is 22.2 Å². The first-order chi connectivity index (χ1) is 8.59. The molecule has 0 unspecified atom stereocenters. The minimum atomic E-state index is 0.883. The van der Waals surface area contributed by atoms with Crippen LogP contribution in [0.25, 0.3) is 0 Å². The summed E-state index contributed by atoms with van der Waals surface area (Å²) in [4.78, 5) is 8.20. The molecule has 0 saturated heterocycles. The van der Waals surface area contributed by atoms with Crippen LogP contribution in [0.3, 0.4) is 0 Å². The van der Waals surface area contributed by atoms with Crippen LogP contribution in [0.5, 0.6) is 0 Å². The maximum absolute atomic E-state index is 6.01. The lowest BCUT2D eigenvalue weighted by molar-refractivity contribution is 0.218. The molecule has 0 N–H and O–H groups in total. The molecule has 5 heteroatoms. The third kappa shape index (κ3) is 4.93. The number of ether oxygens (including phenoxy) is 1. The van der Waals surface area contributed by atoms with E-state index in [2.05, 4.69) is 0 Å². The molecular weight excluding hydrogens is 240 g/mol. The number of allylic oxidation sites excluding steroid dienone is 2. The second kappa shape index (κ2) is 7.16. The van der Waals surface area contributed by atoms with E-state index >= 15 is 0 Å². The number of hydrogen-bond acceptors (Lipinski definition) is 5. The van der Waals surface area contributed by atoms with Gasteiger partial charge >= 0.3 is 0 Å². The molecule has 5 nitrogen and oxygen atoms in total. The molecular formula is C14H30N4O. The lowest BCUT2D eigenvalue weighted by Gasteiger charge is -2.29. The maximum Gasteiger partial charge on any atom is 0.142 e. The van der Waals surface area contributed by atoms with Crippen molar-refractivity contribution in [2.45, 2.75) is 13.8 Å². The molecule has 0 radical (unpaired) electrons. The van der Waals surface area contributed by atoms with Crippen molar-refractivity contribution in [3.05, 3.63) is 23.2 Å². The normalized spacial score (nSPS) is 9.58. The van der Waals surface area contributed by atoms with E-state index in [4.69, 9.17) is 4.74 Å². The Morgan fingerprint density at radius 1 is 0.526 bits per heavy atom. The van der Waals surface area contributed by atoms with Crippen LogP contribution in [0.2, 0.25) is 0 Å². The summed E-state index contributed by atoms with van der Waals surface area (Å²) in [5.74, 6) is 3.87. The van der Waals surface area contributed by atoms with E-state index in [1.807, 2.05) is 89.8 Å². The summed E-state index contributed by atoms with van der Waals surface area (Å²) in [5, 5.41) is 0. The maximum atomic E-state index is 6.01. The molecule has 0 saturated carbocycles. The van der Waals surface area contributed by atoms with Crippen LogP contribution >= 0.6 is 0 Å². The van der Waals surface area contributed by atoms with Crippen molar-refractivity contribution in [2.75, 3.05) is 56.4 Å². The Hall–Kier alpha value is -1.52. The van der Waals surface area contributed by atoms with Crippen molar-refractivity contribution >= 4 is 0 Å². The van der Waals surface area contributed by atoms with Gasteiger partial charge in [-0.1, -0.05) is 0 Å². The molecule has 0 heterocycles. The van der Waals surface area contributed by atoms with Crippen molar-refractivity contribution in [3.63, 3.8) is 0 Å². The quantitative estimate of drug-likeness (QED) is 0.682. The van der Waals surface area contributed by atoms with Gasteiger partial charge < -0.3 is 24.3 Å². The molecule has 0 atom stereocenters. The van der Waals surface area contributed by atoms with Crippen LogP contribution in [-0.2, 0) is 4.74 Å². The highest BCUT2D eigenvalue weighted by atomic mass is 16.5. The summed E-state index contributed by atoms with van der Waals surface area (Å²) in [6.45, 7) is 3.98. The van der Waals surface area contributed by atoms with E-state index in [1.165, 1.54) is 0 Å². The highest BCUT2D eigenvalue weighted by Crippen LogP contribution is 2.18. The predicted octanol–water partition coefficient (Wildman–Crippen LogP) is 1.63. The van der Waals surface area contributed by atoms with Gasteiger partial charge in [0, 0.05) is 56.4 Å². The van der Waals surface area contributed by atoms with Crippen molar-refractivity contribution < 1.29 is 4.74 Å². The summed E-state index contributed by atoms with van der Waals surface area (Å²) in [7, 11) is 16.1. The standard InChI is InChI=1S/C14H30N4O/c1-11(13(15(3)4)16(5)6)19-12(2)14(17(7)8)18(9)10/h1-10H3. The summed E-state index contributed by atoms with van der Waals surface area (Å²) in [6, 6.07) is 0. The zero-order chi connectivity index (χ0) is 15.3. The molecule has 0 aromatic carbocycles. The van der Waals surface area contributed by atoms with Gasteiger partial charge in [-0.05, 0) is 13.8 Å². The summed E-state index contributed by atoms with van der Waals surface area (Å²) in [6.07, 6.45) is 0. The van der Waals surface area contributed by atoms with Crippen LogP contribution in [-0.4, -0.2) is 76.0 Å². The fraction of sp³-hybridized carbons (Fsp3) is 0.714. The largest absolute Gasteiger partial charge is 0.459 e. The van der Waals surface area contributed by atoms with E-state index in [9.17, 15) is 0 Å². The first-order valence-electron chi connectivity index (χ1n) is 6.38. The average Bonchev–Trinajstić information content (AvgIpc) is 2.13. The van der Waals surface area contributed by atoms with Crippen LogP contribution in [0.1, 0.15) is 13.8 Å². The van der Waals surface area contributed by atoms with E-state index in [1.54, 1.807) is 0 Å². The Morgan fingerprint density at radius 2 is 0.737 bits per heavy atom. The molecule has 0 rings (SSSR count). The van der Waals surface area contributed by atoms with E-state index in [0.29, 0.717) is 0 Å². The van der Waals surface area contributed by atoms with E-state index in [-0.39, 0.29) is 0 Å². The third-order valence-corrected chi connectivity index (χ3v) is 2.63. The summed E-state index contributed by atoms with van der Waals surface area (Å²) >= 11 is 0. The first-order valence-corrected chi connectivity index (χ1v) is 6.38. The third-order valence-electron chi connectivity index (χ3n) is 2.63. The molecule has 0 aromatic heterocycles. The smallest absolute Gasteiger partial charge is 0.142 e. The summed E-state index contributed by atoms with van der Waals surface area (Å²) < 4.78 is 6.01. The van der Waals surface area contributed by atoms with Crippen molar-refractivity contribution in [1.29, 1.82) is 0 Å². The van der Waals surface area contributed by atoms with Crippen LogP contribution < -0.4 is 0 Å². The lowest BCUT2D eigenvalue weighted by atomic mass is 10.4. The van der Waals surface area contributed by atoms with Gasteiger partial charge in [-0.25, -0.2) is 0 Å². The molecule has 0 aliphatic rings. The second-order valence-electron chi connectivity index (χ2n) is 5.44. The molecule has 112 valence electrons. The molecule has 0 fully saturated rings. The molecule has 0 aromatic rings. The number of nitrogens with zero attached hydrogens (tertiary/aromatic N) is 4. The van der Waals surface area contributed by atoms with Gasteiger partial charge in [-0.3, -0.25) is 0 Å².